The van der Waals surface area contributed by atoms with Crippen molar-refractivity contribution in [1.82, 2.24) is 19.7 Å². The van der Waals surface area contributed by atoms with Gasteiger partial charge in [-0.15, -0.1) is 0 Å². The Hall–Kier alpha value is -2.07. The normalized spacial score (nSPS) is 11.3. The predicted molar refractivity (Wildman–Crippen MR) is 86.2 cm³/mol. The molecular weight excluding hydrogens is 260 g/mol. The van der Waals surface area contributed by atoms with Crippen LogP contribution in [0.3, 0.4) is 0 Å². The summed E-state index contributed by atoms with van der Waals surface area (Å²) in [5, 5.41) is 8.98. The zero-order chi connectivity index (χ0) is 14.7. The Labute approximate surface area is 125 Å². The number of aryl methyl sites for hydroxylation is 1. The SMILES string of the molecule is CCCNCc1ccc2c(ccn2Cc2cnn(C)c2)c1. The lowest BCUT2D eigenvalue weighted by Crippen LogP contribution is -2.13. The maximum Gasteiger partial charge on any atom is 0.0539 e. The highest BCUT2D eigenvalue weighted by Crippen LogP contribution is 2.19. The van der Waals surface area contributed by atoms with Crippen LogP contribution >= 0.6 is 0 Å². The van der Waals surface area contributed by atoms with Gasteiger partial charge >= 0.3 is 0 Å². The average Bonchev–Trinajstić information content (AvgIpc) is 3.06. The molecule has 0 spiro atoms. The summed E-state index contributed by atoms with van der Waals surface area (Å²) in [7, 11) is 1.95. The number of hydrogen-bond acceptors (Lipinski definition) is 2. The van der Waals surface area contributed by atoms with Gasteiger partial charge in [0.15, 0.2) is 0 Å². The summed E-state index contributed by atoms with van der Waals surface area (Å²) in [5.74, 6) is 0. The Morgan fingerprint density at radius 1 is 1.19 bits per heavy atom. The van der Waals surface area contributed by atoms with E-state index in [4.69, 9.17) is 0 Å². The first-order chi connectivity index (χ1) is 10.3. The van der Waals surface area contributed by atoms with Crippen LogP contribution in [0.15, 0.2) is 42.9 Å². The molecule has 0 unspecified atom stereocenters. The minimum atomic E-state index is 0.866. The van der Waals surface area contributed by atoms with E-state index >= 15 is 0 Å². The number of fused-ring (bicyclic) bond motifs is 1. The Balaban J connectivity index is 1.79. The molecule has 2 aromatic heterocycles. The first kappa shape index (κ1) is 13.9. The quantitative estimate of drug-likeness (QED) is 0.705. The van der Waals surface area contributed by atoms with Crippen molar-refractivity contribution in [3.05, 3.63) is 54.0 Å². The molecule has 0 aliphatic carbocycles. The molecule has 0 aliphatic rings. The molecule has 0 radical (unpaired) electrons. The van der Waals surface area contributed by atoms with Crippen LogP contribution in [0.1, 0.15) is 24.5 Å². The molecule has 3 aromatic rings. The largest absolute Gasteiger partial charge is 0.343 e. The fraction of sp³-hybridized carbons (Fsp3) is 0.353. The standard InChI is InChI=1S/C17H22N4/c1-3-7-18-10-14-4-5-17-16(9-14)6-8-21(17)13-15-11-19-20(2)12-15/h4-6,8-9,11-12,18H,3,7,10,13H2,1-2H3. The van der Waals surface area contributed by atoms with Gasteiger partial charge in [0.1, 0.15) is 0 Å². The van der Waals surface area contributed by atoms with E-state index in [0.29, 0.717) is 0 Å². The van der Waals surface area contributed by atoms with E-state index in [-0.39, 0.29) is 0 Å². The average molecular weight is 282 g/mol. The number of nitrogens with zero attached hydrogens (tertiary/aromatic N) is 3. The second-order valence-corrected chi connectivity index (χ2v) is 5.54. The summed E-state index contributed by atoms with van der Waals surface area (Å²) in [6.07, 6.45) is 7.31. The summed E-state index contributed by atoms with van der Waals surface area (Å²) in [5.41, 5.74) is 3.84. The zero-order valence-electron chi connectivity index (χ0n) is 12.7. The van der Waals surface area contributed by atoms with Gasteiger partial charge in [0.05, 0.1) is 12.7 Å². The van der Waals surface area contributed by atoms with Gasteiger partial charge in [-0.25, -0.2) is 0 Å². The molecule has 0 bridgehead atoms. The number of rotatable bonds is 6. The third-order valence-corrected chi connectivity index (χ3v) is 3.70. The summed E-state index contributed by atoms with van der Waals surface area (Å²) in [6, 6.07) is 8.89. The first-order valence-electron chi connectivity index (χ1n) is 7.52. The molecule has 0 aliphatic heterocycles. The lowest BCUT2D eigenvalue weighted by molar-refractivity contribution is 0.676. The maximum atomic E-state index is 4.23. The minimum absolute atomic E-state index is 0.866. The van der Waals surface area contributed by atoms with Crippen molar-refractivity contribution < 1.29 is 0 Å². The highest BCUT2D eigenvalue weighted by Gasteiger charge is 2.04. The maximum absolute atomic E-state index is 4.23. The third kappa shape index (κ3) is 3.16. The van der Waals surface area contributed by atoms with E-state index < -0.39 is 0 Å². The topological polar surface area (TPSA) is 34.8 Å². The molecule has 3 rings (SSSR count). The van der Waals surface area contributed by atoms with Crippen LogP contribution in [0.25, 0.3) is 10.9 Å². The summed E-state index contributed by atoms with van der Waals surface area (Å²) >= 11 is 0. The molecule has 0 fully saturated rings. The van der Waals surface area contributed by atoms with Gasteiger partial charge in [-0.1, -0.05) is 13.0 Å². The van der Waals surface area contributed by atoms with Gasteiger partial charge in [-0.05, 0) is 42.1 Å². The molecule has 0 saturated heterocycles. The van der Waals surface area contributed by atoms with Gasteiger partial charge in [0.25, 0.3) is 0 Å². The lowest BCUT2D eigenvalue weighted by atomic mass is 10.1. The molecule has 0 saturated carbocycles. The highest BCUT2D eigenvalue weighted by molar-refractivity contribution is 5.81. The smallest absolute Gasteiger partial charge is 0.0539 e. The van der Waals surface area contributed by atoms with Crippen LogP contribution in [-0.2, 0) is 20.1 Å². The van der Waals surface area contributed by atoms with Gasteiger partial charge in [-0.2, -0.15) is 5.10 Å². The number of aromatic nitrogens is 3. The van der Waals surface area contributed by atoms with Crippen molar-refractivity contribution in [3.8, 4) is 0 Å². The van der Waals surface area contributed by atoms with Crippen LogP contribution in [0.4, 0.5) is 0 Å². The molecule has 1 N–H and O–H groups in total. The van der Waals surface area contributed by atoms with Crippen molar-refractivity contribution in [2.75, 3.05) is 6.54 Å². The third-order valence-electron chi connectivity index (χ3n) is 3.70. The summed E-state index contributed by atoms with van der Waals surface area (Å²) < 4.78 is 4.12. The van der Waals surface area contributed by atoms with Crippen molar-refractivity contribution >= 4 is 10.9 Å². The van der Waals surface area contributed by atoms with Crippen molar-refractivity contribution in [2.24, 2.45) is 7.05 Å². The Morgan fingerprint density at radius 3 is 2.86 bits per heavy atom. The van der Waals surface area contributed by atoms with E-state index in [0.717, 1.165) is 19.6 Å². The highest BCUT2D eigenvalue weighted by atomic mass is 15.2. The molecule has 0 atom stereocenters. The summed E-state index contributed by atoms with van der Waals surface area (Å²) in [6.45, 7) is 5.07. The molecule has 110 valence electrons. The monoisotopic (exact) mass is 282 g/mol. The van der Waals surface area contributed by atoms with Crippen LogP contribution < -0.4 is 5.32 Å². The molecule has 21 heavy (non-hydrogen) atoms. The van der Waals surface area contributed by atoms with Gasteiger partial charge in [-0.3, -0.25) is 4.68 Å². The molecular formula is C17H22N4. The molecule has 2 heterocycles. The lowest BCUT2D eigenvalue weighted by Gasteiger charge is -2.06. The van der Waals surface area contributed by atoms with Gasteiger partial charge < -0.3 is 9.88 Å². The zero-order valence-corrected chi connectivity index (χ0v) is 12.7. The summed E-state index contributed by atoms with van der Waals surface area (Å²) in [4.78, 5) is 0. The van der Waals surface area contributed by atoms with Crippen LogP contribution in [0.5, 0.6) is 0 Å². The van der Waals surface area contributed by atoms with E-state index in [1.807, 2.05) is 17.9 Å². The molecule has 0 amide bonds. The van der Waals surface area contributed by atoms with Gasteiger partial charge in [0, 0.05) is 37.1 Å². The fourth-order valence-corrected chi connectivity index (χ4v) is 2.66. The predicted octanol–water partition coefficient (Wildman–Crippen LogP) is 2.92. The van der Waals surface area contributed by atoms with Crippen molar-refractivity contribution in [1.29, 1.82) is 0 Å². The van der Waals surface area contributed by atoms with Crippen LogP contribution in [0.2, 0.25) is 0 Å². The van der Waals surface area contributed by atoms with E-state index in [2.05, 4.69) is 58.6 Å². The minimum Gasteiger partial charge on any atom is -0.343 e. The van der Waals surface area contributed by atoms with E-state index in [1.165, 1.54) is 28.5 Å². The molecule has 4 heteroatoms. The second-order valence-electron chi connectivity index (χ2n) is 5.54. The Bertz CT molecular complexity index is 723. The molecule has 1 aromatic carbocycles. The fourth-order valence-electron chi connectivity index (χ4n) is 2.66. The van der Waals surface area contributed by atoms with Gasteiger partial charge in [0.2, 0.25) is 0 Å². The Morgan fingerprint density at radius 2 is 2.10 bits per heavy atom. The first-order valence-corrected chi connectivity index (χ1v) is 7.52. The van der Waals surface area contributed by atoms with Crippen LogP contribution in [-0.4, -0.2) is 20.9 Å². The van der Waals surface area contributed by atoms with E-state index in [9.17, 15) is 0 Å². The van der Waals surface area contributed by atoms with Crippen molar-refractivity contribution in [2.45, 2.75) is 26.4 Å². The molecule has 4 nitrogen and oxygen atoms in total. The van der Waals surface area contributed by atoms with Crippen LogP contribution in [0, 0.1) is 0 Å². The Kier molecular flexibility index (Phi) is 4.06. The number of hydrogen-bond donors (Lipinski definition) is 1. The number of nitrogens with one attached hydrogen (secondary N) is 1. The number of benzene rings is 1. The second kappa shape index (κ2) is 6.14. The van der Waals surface area contributed by atoms with Crippen molar-refractivity contribution in [3.63, 3.8) is 0 Å². The van der Waals surface area contributed by atoms with E-state index in [1.54, 1.807) is 0 Å².